The molecule has 0 saturated carbocycles. The molecule has 0 aliphatic rings. The number of hydrogen-bond acceptors (Lipinski definition) is 4. The Morgan fingerprint density at radius 3 is 2.32 bits per heavy atom. The highest BCUT2D eigenvalue weighted by Crippen LogP contribution is 2.26. The molecule has 2 rings (SSSR count). The van der Waals surface area contributed by atoms with E-state index in [2.05, 4.69) is 42.2 Å². The Balaban J connectivity index is 2.25. The molecule has 0 radical (unpaired) electrons. The minimum atomic E-state index is -3.17. The van der Waals surface area contributed by atoms with Gasteiger partial charge in [0.2, 0.25) is 0 Å². The van der Waals surface area contributed by atoms with Crippen LogP contribution in [0, 0.1) is 0 Å². The van der Waals surface area contributed by atoms with Crippen LogP contribution in [-0.4, -0.2) is 19.7 Å². The van der Waals surface area contributed by atoms with Crippen LogP contribution < -0.4 is 5.32 Å². The van der Waals surface area contributed by atoms with Crippen molar-refractivity contribution in [2.24, 2.45) is 0 Å². The average molecular weight is 406 g/mol. The summed E-state index contributed by atoms with van der Waals surface area (Å²) in [7, 11) is -3.17. The van der Waals surface area contributed by atoms with Gasteiger partial charge in [0, 0.05) is 22.6 Å². The molecule has 0 amide bonds. The maximum Gasteiger partial charge on any atom is 0.175 e. The molecule has 0 spiro atoms. The molecule has 0 bridgehead atoms. The summed E-state index contributed by atoms with van der Waals surface area (Å²) >= 11 is 6.73. The predicted molar refractivity (Wildman–Crippen MR) is 82.5 cm³/mol. The van der Waals surface area contributed by atoms with Crippen molar-refractivity contribution < 1.29 is 8.42 Å². The Hall–Kier alpha value is -0.920. The molecule has 7 heteroatoms. The van der Waals surface area contributed by atoms with Gasteiger partial charge in [-0.2, -0.15) is 0 Å². The van der Waals surface area contributed by atoms with E-state index in [-0.39, 0.29) is 0 Å². The molecular weight excluding hydrogens is 396 g/mol. The minimum Gasteiger partial charge on any atom is -0.339 e. The first-order chi connectivity index (χ1) is 8.86. The quantitative estimate of drug-likeness (QED) is 0.844. The van der Waals surface area contributed by atoms with E-state index >= 15 is 0 Å². The molecule has 2 aromatic rings. The third kappa shape index (κ3) is 3.77. The maximum absolute atomic E-state index is 11.3. The van der Waals surface area contributed by atoms with Gasteiger partial charge < -0.3 is 5.32 Å². The lowest BCUT2D eigenvalue weighted by Crippen LogP contribution is -1.98. The number of hydrogen-bond donors (Lipinski definition) is 1. The minimum absolute atomic E-state index is 0.292. The smallest absolute Gasteiger partial charge is 0.175 e. The lowest BCUT2D eigenvalue weighted by molar-refractivity contribution is 0.602. The monoisotopic (exact) mass is 404 g/mol. The maximum atomic E-state index is 11.3. The second-order valence-electron chi connectivity index (χ2n) is 3.91. The molecule has 1 N–H and O–H groups in total. The van der Waals surface area contributed by atoms with E-state index in [0.717, 1.165) is 14.6 Å². The number of benzene rings is 1. The van der Waals surface area contributed by atoms with Gasteiger partial charge in [-0.1, -0.05) is 0 Å². The Morgan fingerprint density at radius 2 is 1.79 bits per heavy atom. The molecule has 4 nitrogen and oxygen atoms in total. The van der Waals surface area contributed by atoms with Gasteiger partial charge in [0.05, 0.1) is 9.37 Å². The van der Waals surface area contributed by atoms with Crippen LogP contribution >= 0.6 is 31.9 Å². The number of halogens is 2. The van der Waals surface area contributed by atoms with E-state index in [9.17, 15) is 8.42 Å². The van der Waals surface area contributed by atoms with Crippen molar-refractivity contribution in [3.63, 3.8) is 0 Å². The van der Waals surface area contributed by atoms with Crippen LogP contribution in [0.1, 0.15) is 0 Å². The molecule has 1 aromatic heterocycles. The van der Waals surface area contributed by atoms with Gasteiger partial charge in [-0.05, 0) is 62.2 Å². The van der Waals surface area contributed by atoms with Crippen LogP contribution in [0.5, 0.6) is 0 Å². The fraction of sp³-hybridized carbons (Fsp3) is 0.0833. The Kier molecular flexibility index (Phi) is 4.27. The Morgan fingerprint density at radius 1 is 1.16 bits per heavy atom. The summed E-state index contributed by atoms with van der Waals surface area (Å²) in [5.74, 6) is 0.662. The molecule has 19 heavy (non-hydrogen) atoms. The third-order valence-corrected chi connectivity index (χ3v) is 4.52. The lowest BCUT2D eigenvalue weighted by Gasteiger charge is -2.08. The van der Waals surface area contributed by atoms with Crippen LogP contribution in [0.4, 0.5) is 11.5 Å². The average Bonchev–Trinajstić information content (AvgIpc) is 2.32. The van der Waals surface area contributed by atoms with Gasteiger partial charge >= 0.3 is 0 Å². The zero-order valence-corrected chi connectivity index (χ0v) is 13.9. The molecule has 0 fully saturated rings. The van der Waals surface area contributed by atoms with Crippen molar-refractivity contribution in [3.05, 3.63) is 45.5 Å². The molecule has 0 aliphatic carbocycles. The van der Waals surface area contributed by atoms with Crippen LogP contribution in [0.2, 0.25) is 0 Å². The van der Waals surface area contributed by atoms with E-state index in [1.165, 1.54) is 6.26 Å². The second-order valence-corrected chi connectivity index (χ2v) is 7.69. The van der Waals surface area contributed by atoms with E-state index in [4.69, 9.17) is 0 Å². The van der Waals surface area contributed by atoms with Crippen molar-refractivity contribution in [3.8, 4) is 0 Å². The molecule has 1 heterocycles. The SMILES string of the molecule is CS(=O)(=O)c1ccc(Nc2ncc(Br)cc2Br)cc1. The topological polar surface area (TPSA) is 59.1 Å². The molecular formula is C12H10Br2N2O2S. The fourth-order valence-electron chi connectivity index (χ4n) is 1.43. The van der Waals surface area contributed by atoms with Gasteiger partial charge in [0.15, 0.2) is 9.84 Å². The van der Waals surface area contributed by atoms with Crippen molar-refractivity contribution in [1.29, 1.82) is 0 Å². The van der Waals surface area contributed by atoms with Crippen LogP contribution in [0.3, 0.4) is 0 Å². The number of anilines is 2. The molecule has 0 atom stereocenters. The van der Waals surface area contributed by atoms with Crippen LogP contribution in [0.15, 0.2) is 50.4 Å². The summed E-state index contributed by atoms with van der Waals surface area (Å²) in [4.78, 5) is 4.51. The lowest BCUT2D eigenvalue weighted by atomic mass is 10.3. The van der Waals surface area contributed by atoms with Crippen molar-refractivity contribution >= 4 is 53.2 Å². The highest BCUT2D eigenvalue weighted by molar-refractivity contribution is 9.11. The highest BCUT2D eigenvalue weighted by Gasteiger charge is 2.07. The number of pyridine rings is 1. The van der Waals surface area contributed by atoms with Gasteiger partial charge in [0.1, 0.15) is 5.82 Å². The molecule has 1 aromatic carbocycles. The molecule has 100 valence electrons. The molecule has 0 unspecified atom stereocenters. The van der Waals surface area contributed by atoms with E-state index in [0.29, 0.717) is 10.7 Å². The second kappa shape index (κ2) is 5.60. The first kappa shape index (κ1) is 14.5. The number of nitrogens with one attached hydrogen (secondary N) is 1. The van der Waals surface area contributed by atoms with Gasteiger partial charge in [0.25, 0.3) is 0 Å². The molecule has 0 aliphatic heterocycles. The fourth-order valence-corrected chi connectivity index (χ4v) is 3.15. The zero-order chi connectivity index (χ0) is 14.0. The van der Waals surface area contributed by atoms with E-state index in [1.807, 2.05) is 6.07 Å². The normalized spacial score (nSPS) is 11.3. The van der Waals surface area contributed by atoms with E-state index < -0.39 is 9.84 Å². The van der Waals surface area contributed by atoms with E-state index in [1.54, 1.807) is 30.5 Å². The largest absolute Gasteiger partial charge is 0.339 e. The number of aromatic nitrogens is 1. The van der Waals surface area contributed by atoms with Gasteiger partial charge in [-0.25, -0.2) is 13.4 Å². The van der Waals surface area contributed by atoms with Crippen molar-refractivity contribution in [2.75, 3.05) is 11.6 Å². The Bertz CT molecular complexity index is 700. The first-order valence-electron chi connectivity index (χ1n) is 5.24. The number of nitrogens with zero attached hydrogens (tertiary/aromatic N) is 1. The zero-order valence-electron chi connectivity index (χ0n) is 9.89. The summed E-state index contributed by atoms with van der Waals surface area (Å²) in [6.07, 6.45) is 2.86. The summed E-state index contributed by atoms with van der Waals surface area (Å²) in [5, 5.41) is 3.10. The molecule has 0 saturated heterocycles. The predicted octanol–water partition coefficient (Wildman–Crippen LogP) is 3.75. The van der Waals surface area contributed by atoms with Crippen LogP contribution in [-0.2, 0) is 9.84 Å². The number of sulfone groups is 1. The van der Waals surface area contributed by atoms with Crippen molar-refractivity contribution in [2.45, 2.75) is 4.90 Å². The summed E-state index contributed by atoms with van der Waals surface area (Å²) in [5.41, 5.74) is 0.767. The van der Waals surface area contributed by atoms with Gasteiger partial charge in [-0.15, -0.1) is 0 Å². The van der Waals surface area contributed by atoms with Crippen LogP contribution in [0.25, 0.3) is 0 Å². The first-order valence-corrected chi connectivity index (χ1v) is 8.72. The van der Waals surface area contributed by atoms with Gasteiger partial charge in [-0.3, -0.25) is 0 Å². The highest BCUT2D eigenvalue weighted by atomic mass is 79.9. The van der Waals surface area contributed by atoms with Crippen molar-refractivity contribution in [1.82, 2.24) is 4.98 Å². The third-order valence-electron chi connectivity index (χ3n) is 2.35. The summed E-state index contributed by atoms with van der Waals surface area (Å²) in [6.45, 7) is 0. The number of rotatable bonds is 3. The summed E-state index contributed by atoms with van der Waals surface area (Å²) < 4.78 is 24.4. The summed E-state index contributed by atoms with van der Waals surface area (Å²) in [6, 6.07) is 8.40. The Labute approximate surface area is 128 Å². The standard InChI is InChI=1S/C12H10Br2N2O2S/c1-19(17,18)10-4-2-9(3-5-10)16-12-11(14)6-8(13)7-15-12/h2-7H,1H3,(H,15,16).